The van der Waals surface area contributed by atoms with Gasteiger partial charge in [0.15, 0.2) is 6.23 Å². The van der Waals surface area contributed by atoms with Gasteiger partial charge in [-0.05, 0) is 71.6 Å². The van der Waals surface area contributed by atoms with Gasteiger partial charge in [-0.15, -0.1) is 0 Å². The highest BCUT2D eigenvalue weighted by Crippen LogP contribution is 2.26. The summed E-state index contributed by atoms with van der Waals surface area (Å²) < 4.78 is 11.4. The van der Waals surface area contributed by atoms with Crippen molar-refractivity contribution in [2.24, 2.45) is 5.92 Å². The molecule has 0 spiro atoms. The van der Waals surface area contributed by atoms with Crippen molar-refractivity contribution in [2.45, 2.75) is 264 Å². The Balaban J connectivity index is 3.02. The van der Waals surface area contributed by atoms with E-state index in [4.69, 9.17) is 9.47 Å². The number of aliphatic hydroxyl groups excluding tert-OH is 3. The topological polar surface area (TPSA) is 187 Å². The van der Waals surface area contributed by atoms with Gasteiger partial charge in [0.25, 0.3) is 0 Å². The fraction of sp³-hybridized carbons (Fsp3) is 0.882. The van der Waals surface area contributed by atoms with Crippen molar-refractivity contribution >= 4 is 23.8 Å². The molecule has 0 unspecified atom stereocenters. The van der Waals surface area contributed by atoms with E-state index in [1.165, 1.54) is 89.9 Å². The van der Waals surface area contributed by atoms with Gasteiger partial charge >= 0.3 is 6.09 Å². The first-order chi connectivity index (χ1) is 30.6. The molecule has 0 aromatic rings. The predicted octanol–water partition coefficient (Wildman–Crippen LogP) is 9.53. The Hall–Kier alpha value is -2.74. The van der Waals surface area contributed by atoms with E-state index < -0.39 is 73.3 Å². The number of unbranched alkanes of at least 4 members (excludes halogenated alkanes) is 22. The number of carbonyl (C=O) groups is 4. The average molecular weight is 909 g/mol. The number of alkyl carbamates (subject to hydrolysis) is 1. The minimum Gasteiger partial charge on any atom is -0.444 e. The van der Waals surface area contributed by atoms with Gasteiger partial charge < -0.3 is 45.6 Å². The van der Waals surface area contributed by atoms with Gasteiger partial charge in [0.1, 0.15) is 42.5 Å². The largest absolute Gasteiger partial charge is 0.444 e. The zero-order valence-corrected chi connectivity index (χ0v) is 41.6. The number of carbonyl (C=O) groups excluding carboxylic acids is 4. The van der Waals surface area contributed by atoms with E-state index >= 15 is 0 Å². The zero-order chi connectivity index (χ0) is 47.6. The third-order valence-electron chi connectivity index (χ3n) is 11.9. The van der Waals surface area contributed by atoms with E-state index in [0.29, 0.717) is 19.4 Å². The Bertz CT molecular complexity index is 1260. The van der Waals surface area contributed by atoms with Crippen molar-refractivity contribution in [3.05, 3.63) is 12.2 Å². The highest BCUT2D eigenvalue weighted by molar-refractivity contribution is 5.89. The van der Waals surface area contributed by atoms with Crippen LogP contribution in [0.2, 0.25) is 0 Å². The molecule has 13 heteroatoms. The van der Waals surface area contributed by atoms with Gasteiger partial charge in [-0.3, -0.25) is 14.4 Å². The highest BCUT2D eigenvalue weighted by atomic mass is 16.6. The Morgan fingerprint density at radius 2 is 1.19 bits per heavy atom. The van der Waals surface area contributed by atoms with Crippen LogP contribution in [-0.2, 0) is 23.9 Å². The van der Waals surface area contributed by atoms with Crippen molar-refractivity contribution < 1.29 is 44.0 Å². The van der Waals surface area contributed by atoms with Crippen molar-refractivity contribution in [3.63, 3.8) is 0 Å². The summed E-state index contributed by atoms with van der Waals surface area (Å²) in [7, 11) is 0. The summed E-state index contributed by atoms with van der Waals surface area (Å²) in [6, 6.07) is -2.32. The quantitative estimate of drug-likeness (QED) is 0.0261. The van der Waals surface area contributed by atoms with Crippen LogP contribution in [0.1, 0.15) is 222 Å². The first-order valence-corrected chi connectivity index (χ1v) is 25.8. The number of rotatable bonds is 37. The lowest BCUT2D eigenvalue weighted by Crippen LogP contribution is -2.70. The summed E-state index contributed by atoms with van der Waals surface area (Å²) in [6.45, 7) is 12.7. The molecule has 64 heavy (non-hydrogen) atoms. The molecule has 1 saturated heterocycles. The third-order valence-corrected chi connectivity index (χ3v) is 11.9. The smallest absolute Gasteiger partial charge is 0.408 e. The monoisotopic (exact) mass is 909 g/mol. The van der Waals surface area contributed by atoms with Crippen LogP contribution in [0, 0.1) is 5.92 Å². The molecule has 1 heterocycles. The molecule has 0 bridgehead atoms. The van der Waals surface area contributed by atoms with Gasteiger partial charge in [-0.25, -0.2) is 4.79 Å². The zero-order valence-electron chi connectivity index (χ0n) is 41.6. The lowest BCUT2D eigenvalue weighted by molar-refractivity contribution is -0.231. The standard InChI is InChI=1S/C51H96N4O9/c1-8-10-12-14-16-18-20-22-23-24-25-27-29-31-33-35-44(58)55(36-34-32-30-28-26-21-19-17-15-13-11-9-2)49-45(47(60)46(59)42(39-56)63-49)54-48(61)41(37-40(3)4)53-43(57)38-52-50(62)64-51(5,6)7/h22-23,40-42,45-47,49,56,59-60H,8-21,24-39H2,1-7H3,(H,52,62)(H,53,57)(H,54,61)/b23-22-/t41-,42+,45+,46+,47+,49+/m0/s1. The first-order valence-electron chi connectivity index (χ1n) is 25.8. The van der Waals surface area contributed by atoms with Crippen molar-refractivity contribution in [1.82, 2.24) is 20.9 Å². The normalized spacial score (nSPS) is 19.5. The molecule has 1 fully saturated rings. The number of hydrogen-bond donors (Lipinski definition) is 6. The summed E-state index contributed by atoms with van der Waals surface area (Å²) in [5.41, 5.74) is -0.758. The number of amides is 4. The lowest BCUT2D eigenvalue weighted by atomic mass is 9.94. The Labute approximate surface area is 389 Å². The van der Waals surface area contributed by atoms with E-state index in [1.54, 1.807) is 25.7 Å². The molecule has 0 saturated carbocycles. The minimum absolute atomic E-state index is 0.0298. The van der Waals surface area contributed by atoms with Crippen molar-refractivity contribution in [1.29, 1.82) is 0 Å². The maximum absolute atomic E-state index is 14.2. The van der Waals surface area contributed by atoms with Crippen LogP contribution in [0.3, 0.4) is 0 Å². The van der Waals surface area contributed by atoms with Crippen LogP contribution in [0.15, 0.2) is 12.2 Å². The molecule has 0 radical (unpaired) electrons. The van der Waals surface area contributed by atoms with Crippen LogP contribution in [0.5, 0.6) is 0 Å². The van der Waals surface area contributed by atoms with Crippen molar-refractivity contribution in [3.8, 4) is 0 Å². The molecule has 6 N–H and O–H groups in total. The van der Waals surface area contributed by atoms with E-state index in [1.807, 2.05) is 13.8 Å². The van der Waals surface area contributed by atoms with E-state index in [2.05, 4.69) is 41.9 Å². The first kappa shape index (κ1) is 59.3. The summed E-state index contributed by atoms with van der Waals surface area (Å²) in [5, 5.41) is 40.6. The molecule has 1 aliphatic heterocycles. The summed E-state index contributed by atoms with van der Waals surface area (Å²) in [5.74, 6) is -1.46. The molecular weight excluding hydrogens is 813 g/mol. The maximum atomic E-state index is 14.2. The van der Waals surface area contributed by atoms with Gasteiger partial charge in [0.05, 0.1) is 6.61 Å². The molecule has 1 aliphatic rings. The summed E-state index contributed by atoms with van der Waals surface area (Å²) in [6.07, 6.45) is 27.6. The maximum Gasteiger partial charge on any atom is 0.408 e. The summed E-state index contributed by atoms with van der Waals surface area (Å²) >= 11 is 0. The fourth-order valence-corrected chi connectivity index (χ4v) is 8.21. The number of aliphatic hydroxyl groups is 3. The second-order valence-corrected chi connectivity index (χ2v) is 19.7. The molecule has 0 aromatic heterocycles. The van der Waals surface area contributed by atoms with E-state index in [9.17, 15) is 34.5 Å². The molecule has 13 nitrogen and oxygen atoms in total. The number of allylic oxidation sites excluding steroid dienone is 2. The molecule has 374 valence electrons. The van der Waals surface area contributed by atoms with E-state index in [-0.39, 0.29) is 24.7 Å². The van der Waals surface area contributed by atoms with Gasteiger partial charge in [-0.1, -0.05) is 162 Å². The molecule has 1 rings (SSSR count). The predicted molar refractivity (Wildman–Crippen MR) is 258 cm³/mol. The van der Waals surface area contributed by atoms with E-state index in [0.717, 1.165) is 57.8 Å². The minimum atomic E-state index is -1.58. The lowest BCUT2D eigenvalue weighted by Gasteiger charge is -2.47. The third kappa shape index (κ3) is 28.3. The Morgan fingerprint density at radius 3 is 1.67 bits per heavy atom. The number of ether oxygens (including phenoxy) is 2. The molecule has 0 aliphatic carbocycles. The van der Waals surface area contributed by atoms with Gasteiger partial charge in [0, 0.05) is 13.0 Å². The molecule has 4 amide bonds. The van der Waals surface area contributed by atoms with Crippen LogP contribution in [-0.4, -0.2) is 106 Å². The Morgan fingerprint density at radius 1 is 0.703 bits per heavy atom. The van der Waals surface area contributed by atoms with Gasteiger partial charge in [-0.2, -0.15) is 0 Å². The summed E-state index contributed by atoms with van der Waals surface area (Å²) in [4.78, 5) is 54.9. The second kappa shape index (κ2) is 36.4. The number of hydrogen-bond acceptors (Lipinski definition) is 9. The molecular formula is C51H96N4O9. The van der Waals surface area contributed by atoms with Crippen LogP contribution < -0.4 is 16.0 Å². The van der Waals surface area contributed by atoms with Crippen molar-refractivity contribution in [2.75, 3.05) is 19.7 Å². The van der Waals surface area contributed by atoms with Crippen LogP contribution in [0.25, 0.3) is 0 Å². The molecule has 6 atom stereocenters. The number of nitrogens with zero attached hydrogens (tertiary/aromatic N) is 1. The Kier molecular flexibility index (Phi) is 33.7. The van der Waals surface area contributed by atoms with Gasteiger partial charge in [0.2, 0.25) is 17.7 Å². The van der Waals surface area contributed by atoms with Crippen LogP contribution in [0.4, 0.5) is 4.79 Å². The molecule has 0 aromatic carbocycles. The highest BCUT2D eigenvalue weighted by Gasteiger charge is 2.48. The fourth-order valence-electron chi connectivity index (χ4n) is 8.21. The second-order valence-electron chi connectivity index (χ2n) is 19.7. The average Bonchev–Trinajstić information content (AvgIpc) is 3.24. The number of nitrogens with one attached hydrogen (secondary N) is 3. The van der Waals surface area contributed by atoms with Crippen LogP contribution >= 0.6 is 0 Å². The SMILES string of the molecule is CCCCCCCC/C=C\CCCCCCCC(=O)N(CCCCCCCCCCCCCC)[C@@H]1O[C@H](CO)[C@@H](O)[C@H](O)[C@H]1NC(=O)[C@H](CC(C)C)NC(=O)CNC(=O)OC(C)(C)C.